The lowest BCUT2D eigenvalue weighted by molar-refractivity contribution is -0.212. The van der Waals surface area contributed by atoms with Crippen molar-refractivity contribution in [3.63, 3.8) is 0 Å². The number of hydrogen-bond donors (Lipinski definition) is 2. The van der Waals surface area contributed by atoms with Gasteiger partial charge in [-0.15, -0.1) is 5.06 Å². The minimum Gasteiger partial charge on any atom is -0.508 e. The first-order chi connectivity index (χ1) is 16.6. The summed E-state index contributed by atoms with van der Waals surface area (Å²) in [5, 5.41) is 20.6. The number of nitrogens with zero attached hydrogens (tertiary/aromatic N) is 1. The molecular weight excluding hydrogens is 446 g/mol. The summed E-state index contributed by atoms with van der Waals surface area (Å²) in [5.74, 6) is -1.05. The van der Waals surface area contributed by atoms with E-state index in [4.69, 9.17) is 9.57 Å². The molecule has 0 unspecified atom stereocenters. The SMILES string of the molecule is CC(C)(C)N(OC(=O)OCc1cccc2c1Cc1ccccc1-2)[C@@H](Cc1ccc(O)cc1)C(=O)O. The number of carboxylic acids is 1. The number of phenols is 1. The van der Waals surface area contributed by atoms with Gasteiger partial charge in [0.15, 0.2) is 0 Å². The predicted molar refractivity (Wildman–Crippen MR) is 131 cm³/mol. The highest BCUT2D eigenvalue weighted by molar-refractivity contribution is 5.78. The van der Waals surface area contributed by atoms with E-state index < -0.39 is 23.7 Å². The summed E-state index contributed by atoms with van der Waals surface area (Å²) in [6.07, 6.45) is -0.128. The highest BCUT2D eigenvalue weighted by Gasteiger charge is 2.38. The first kappa shape index (κ1) is 24.3. The second-order valence-electron chi connectivity index (χ2n) is 9.63. The Morgan fingerprint density at radius 1 is 0.971 bits per heavy atom. The summed E-state index contributed by atoms with van der Waals surface area (Å²) in [7, 11) is 0. The topological polar surface area (TPSA) is 96.3 Å². The van der Waals surface area contributed by atoms with Crippen LogP contribution in [0.15, 0.2) is 66.7 Å². The Bertz CT molecular complexity index is 1230. The van der Waals surface area contributed by atoms with Gasteiger partial charge in [0.2, 0.25) is 0 Å². The highest BCUT2D eigenvalue weighted by Crippen LogP contribution is 2.38. The Hall–Kier alpha value is -3.84. The second-order valence-corrected chi connectivity index (χ2v) is 9.63. The fourth-order valence-corrected chi connectivity index (χ4v) is 4.40. The number of phenolic OH excluding ortho intramolecular Hbond substituents is 1. The van der Waals surface area contributed by atoms with Gasteiger partial charge in [-0.3, -0.25) is 4.79 Å². The largest absolute Gasteiger partial charge is 0.528 e. The third-order valence-corrected chi connectivity index (χ3v) is 6.06. The van der Waals surface area contributed by atoms with Crippen LogP contribution >= 0.6 is 0 Å². The van der Waals surface area contributed by atoms with Crippen molar-refractivity contribution in [1.82, 2.24) is 5.06 Å². The molecule has 0 radical (unpaired) electrons. The molecule has 0 spiro atoms. The van der Waals surface area contributed by atoms with E-state index in [0.717, 1.165) is 28.2 Å². The van der Waals surface area contributed by atoms with Gasteiger partial charge in [-0.25, -0.2) is 4.79 Å². The van der Waals surface area contributed by atoms with Crippen molar-refractivity contribution in [1.29, 1.82) is 0 Å². The summed E-state index contributed by atoms with van der Waals surface area (Å²) in [6.45, 7) is 5.29. The van der Waals surface area contributed by atoms with Crippen LogP contribution in [-0.2, 0) is 33.8 Å². The molecule has 1 aliphatic carbocycles. The molecule has 7 heteroatoms. The van der Waals surface area contributed by atoms with Gasteiger partial charge in [0.05, 0.1) is 0 Å². The molecule has 35 heavy (non-hydrogen) atoms. The Balaban J connectivity index is 1.47. The molecule has 1 atom stereocenters. The number of rotatable bonds is 7. The van der Waals surface area contributed by atoms with Crippen molar-refractivity contribution in [3.8, 4) is 16.9 Å². The monoisotopic (exact) mass is 475 g/mol. The van der Waals surface area contributed by atoms with Crippen molar-refractivity contribution < 1.29 is 29.4 Å². The summed E-state index contributed by atoms with van der Waals surface area (Å²) in [6, 6.07) is 19.2. The third kappa shape index (κ3) is 5.46. The summed E-state index contributed by atoms with van der Waals surface area (Å²) in [5.41, 5.74) is 5.42. The molecule has 0 heterocycles. The van der Waals surface area contributed by atoms with Crippen LogP contribution in [0.5, 0.6) is 5.75 Å². The third-order valence-electron chi connectivity index (χ3n) is 6.06. The van der Waals surface area contributed by atoms with Crippen LogP contribution < -0.4 is 0 Å². The number of carbonyl (C=O) groups is 2. The lowest BCUT2D eigenvalue weighted by atomic mass is 10.0. The van der Waals surface area contributed by atoms with Crippen LogP contribution in [-0.4, -0.2) is 39.0 Å². The van der Waals surface area contributed by atoms with Gasteiger partial charge < -0.3 is 19.8 Å². The molecule has 182 valence electrons. The Kier molecular flexibility index (Phi) is 6.80. The quantitative estimate of drug-likeness (QED) is 0.276. The van der Waals surface area contributed by atoms with Gasteiger partial charge in [0.25, 0.3) is 0 Å². The van der Waals surface area contributed by atoms with E-state index in [1.807, 2.05) is 24.3 Å². The molecule has 0 aromatic heterocycles. The van der Waals surface area contributed by atoms with Gasteiger partial charge >= 0.3 is 12.1 Å². The minimum atomic E-state index is -1.15. The van der Waals surface area contributed by atoms with Crippen molar-refractivity contribution in [2.75, 3.05) is 0 Å². The van der Waals surface area contributed by atoms with E-state index in [-0.39, 0.29) is 18.8 Å². The predicted octanol–water partition coefficient (Wildman–Crippen LogP) is 5.33. The van der Waals surface area contributed by atoms with E-state index in [1.54, 1.807) is 32.9 Å². The van der Waals surface area contributed by atoms with Crippen LogP contribution in [0.25, 0.3) is 11.1 Å². The van der Waals surface area contributed by atoms with Crippen LogP contribution in [0, 0.1) is 0 Å². The molecule has 4 rings (SSSR count). The Morgan fingerprint density at radius 2 is 1.66 bits per heavy atom. The zero-order chi connectivity index (χ0) is 25.2. The van der Waals surface area contributed by atoms with Crippen LogP contribution in [0.3, 0.4) is 0 Å². The average molecular weight is 476 g/mol. The van der Waals surface area contributed by atoms with Crippen LogP contribution in [0.1, 0.15) is 43.0 Å². The average Bonchev–Trinajstić information content (AvgIpc) is 3.19. The summed E-state index contributed by atoms with van der Waals surface area (Å²) < 4.78 is 5.44. The number of carbonyl (C=O) groups excluding carboxylic acids is 1. The minimum absolute atomic E-state index is 0.0175. The Morgan fingerprint density at radius 3 is 2.34 bits per heavy atom. The van der Waals surface area contributed by atoms with E-state index in [2.05, 4.69) is 18.2 Å². The number of aliphatic carboxylic acids is 1. The smallest absolute Gasteiger partial charge is 0.508 e. The maximum atomic E-state index is 12.7. The van der Waals surface area contributed by atoms with Crippen LogP contribution in [0.2, 0.25) is 0 Å². The van der Waals surface area contributed by atoms with Gasteiger partial charge in [0.1, 0.15) is 18.4 Å². The number of hydroxylamine groups is 2. The van der Waals surface area contributed by atoms with E-state index in [1.165, 1.54) is 23.3 Å². The lowest BCUT2D eigenvalue weighted by Gasteiger charge is -2.37. The first-order valence-electron chi connectivity index (χ1n) is 11.5. The molecule has 0 saturated heterocycles. The van der Waals surface area contributed by atoms with Gasteiger partial charge in [-0.1, -0.05) is 54.6 Å². The molecule has 3 aromatic rings. The zero-order valence-electron chi connectivity index (χ0n) is 20.0. The highest BCUT2D eigenvalue weighted by atomic mass is 16.8. The van der Waals surface area contributed by atoms with E-state index in [0.29, 0.717) is 5.56 Å². The number of hydrogen-bond acceptors (Lipinski definition) is 6. The fourth-order valence-electron chi connectivity index (χ4n) is 4.40. The zero-order valence-corrected chi connectivity index (χ0v) is 20.0. The molecule has 0 aliphatic heterocycles. The molecule has 3 aromatic carbocycles. The van der Waals surface area contributed by atoms with Gasteiger partial charge in [-0.2, -0.15) is 0 Å². The van der Waals surface area contributed by atoms with Crippen LogP contribution in [0.4, 0.5) is 4.79 Å². The Labute approximate surface area is 204 Å². The number of ether oxygens (including phenoxy) is 1. The molecule has 2 N–H and O–H groups in total. The van der Waals surface area contributed by atoms with E-state index >= 15 is 0 Å². The fraction of sp³-hybridized carbons (Fsp3) is 0.286. The number of fused-ring (bicyclic) bond motifs is 3. The number of benzene rings is 3. The summed E-state index contributed by atoms with van der Waals surface area (Å²) >= 11 is 0. The number of carboxylic acid groups (broad SMARTS) is 1. The van der Waals surface area contributed by atoms with Crippen molar-refractivity contribution in [2.24, 2.45) is 0 Å². The van der Waals surface area contributed by atoms with Gasteiger partial charge in [0, 0.05) is 12.0 Å². The molecule has 0 amide bonds. The van der Waals surface area contributed by atoms with Crippen molar-refractivity contribution in [2.45, 2.75) is 51.8 Å². The molecular formula is C28H29NO6. The first-order valence-corrected chi connectivity index (χ1v) is 11.5. The summed E-state index contributed by atoms with van der Waals surface area (Å²) in [4.78, 5) is 30.3. The second kappa shape index (κ2) is 9.80. The van der Waals surface area contributed by atoms with E-state index in [9.17, 15) is 19.8 Å². The molecule has 0 bridgehead atoms. The maximum Gasteiger partial charge on any atom is 0.528 e. The molecule has 7 nitrogen and oxygen atoms in total. The van der Waals surface area contributed by atoms with Crippen molar-refractivity contribution in [3.05, 3.63) is 89.0 Å². The lowest BCUT2D eigenvalue weighted by Crippen LogP contribution is -2.53. The molecule has 1 aliphatic rings. The van der Waals surface area contributed by atoms with Gasteiger partial charge in [-0.05, 0) is 72.7 Å². The molecule has 0 saturated carbocycles. The normalized spacial score (nSPS) is 13.1. The molecule has 0 fully saturated rings. The standard InChI is InChI=1S/C28H29NO6/c1-28(2,3)29(25(26(31)32)15-18-11-13-21(30)14-12-18)35-27(33)34-17-20-8-6-10-23-22-9-5-4-7-19(22)16-24(20)23/h4-14,25,30H,15-17H2,1-3H3,(H,31,32)/t25-/m0/s1. The maximum absolute atomic E-state index is 12.7. The number of aromatic hydroxyl groups is 1. The van der Waals surface area contributed by atoms with Crippen molar-refractivity contribution >= 4 is 12.1 Å².